The van der Waals surface area contributed by atoms with E-state index in [1.807, 2.05) is 5.32 Å². The first-order valence-electron chi connectivity index (χ1n) is 7.73. The molecule has 0 atom stereocenters. The van der Waals surface area contributed by atoms with Crippen LogP contribution in [0.2, 0.25) is 0 Å². The van der Waals surface area contributed by atoms with E-state index >= 15 is 0 Å². The molecule has 0 spiro atoms. The fourth-order valence-electron chi connectivity index (χ4n) is 2.58. The molecule has 0 aliphatic heterocycles. The highest BCUT2D eigenvalue weighted by molar-refractivity contribution is 5.91. The summed E-state index contributed by atoms with van der Waals surface area (Å²) in [5.74, 6) is -0.521. The van der Waals surface area contributed by atoms with Crippen LogP contribution in [0.25, 0.3) is 0 Å². The van der Waals surface area contributed by atoms with E-state index in [0.717, 1.165) is 25.2 Å². The second kappa shape index (κ2) is 8.34. The highest BCUT2D eigenvalue weighted by Gasteiger charge is 2.31. The summed E-state index contributed by atoms with van der Waals surface area (Å²) in [6, 6.07) is 5.07. The Hall–Kier alpha value is -1.80. The van der Waals surface area contributed by atoms with Gasteiger partial charge in [0.05, 0.1) is 32.6 Å². The summed E-state index contributed by atoms with van der Waals surface area (Å²) >= 11 is 0. The zero-order valence-corrected chi connectivity index (χ0v) is 14.5. The van der Waals surface area contributed by atoms with Crippen LogP contribution in [0.15, 0.2) is 24.3 Å². The van der Waals surface area contributed by atoms with Gasteiger partial charge in [-0.15, -0.1) is 13.2 Å². The van der Waals surface area contributed by atoms with Gasteiger partial charge in [0.2, 0.25) is 0 Å². The standard InChI is InChI=1S/C16H24F3N3O2/c1-15(2,11-22(3)4)10-20-9-14(23)21-12-5-7-13(8-6-12)24-16(17,18)19/h5-8,20H,9-11H2,1-4H3,(H,21,23)/p+2. The molecule has 5 nitrogen and oxygen atoms in total. The lowest BCUT2D eigenvalue weighted by Crippen LogP contribution is -3.08. The lowest BCUT2D eigenvalue weighted by atomic mass is 9.93. The number of hydrogen-bond acceptors (Lipinski definition) is 2. The highest BCUT2D eigenvalue weighted by Crippen LogP contribution is 2.23. The van der Waals surface area contributed by atoms with Gasteiger partial charge in [0.25, 0.3) is 5.91 Å². The molecule has 0 saturated carbocycles. The van der Waals surface area contributed by atoms with Gasteiger partial charge in [0.15, 0.2) is 6.54 Å². The number of benzene rings is 1. The molecule has 0 aliphatic rings. The average molecular weight is 349 g/mol. The van der Waals surface area contributed by atoms with Crippen LogP contribution in [-0.4, -0.2) is 46.0 Å². The first kappa shape index (κ1) is 20.2. The fraction of sp³-hybridized carbons (Fsp3) is 0.562. The number of hydrogen-bond donors (Lipinski definition) is 3. The minimum Gasteiger partial charge on any atom is -0.406 e. The van der Waals surface area contributed by atoms with Crippen molar-refractivity contribution in [2.45, 2.75) is 20.2 Å². The Kier molecular flexibility index (Phi) is 7.04. The van der Waals surface area contributed by atoms with Crippen molar-refractivity contribution >= 4 is 11.6 Å². The van der Waals surface area contributed by atoms with Crippen molar-refractivity contribution in [1.29, 1.82) is 0 Å². The molecule has 136 valence electrons. The molecule has 24 heavy (non-hydrogen) atoms. The number of nitrogens with two attached hydrogens (primary N) is 1. The lowest BCUT2D eigenvalue weighted by molar-refractivity contribution is -0.868. The summed E-state index contributed by atoms with van der Waals surface area (Å²) in [5, 5.41) is 4.58. The number of nitrogens with one attached hydrogen (secondary N) is 2. The summed E-state index contributed by atoms with van der Waals surface area (Å²) in [6.45, 7) is 6.35. The number of carbonyl (C=O) groups excluding carboxylic acids is 1. The number of quaternary nitrogens is 2. The van der Waals surface area contributed by atoms with Crippen LogP contribution in [0.4, 0.5) is 18.9 Å². The van der Waals surface area contributed by atoms with Gasteiger partial charge in [-0.05, 0) is 38.1 Å². The third kappa shape index (κ3) is 8.73. The van der Waals surface area contributed by atoms with E-state index in [-0.39, 0.29) is 23.6 Å². The van der Waals surface area contributed by atoms with E-state index in [1.54, 1.807) is 0 Å². The molecule has 0 fully saturated rings. The second-order valence-electron chi connectivity index (χ2n) is 6.87. The molecular weight excluding hydrogens is 323 g/mol. The molecule has 0 aliphatic carbocycles. The van der Waals surface area contributed by atoms with Crippen LogP contribution >= 0.6 is 0 Å². The number of anilines is 1. The molecule has 0 radical (unpaired) electrons. The van der Waals surface area contributed by atoms with Gasteiger partial charge in [-0.2, -0.15) is 0 Å². The molecule has 4 N–H and O–H groups in total. The van der Waals surface area contributed by atoms with E-state index in [9.17, 15) is 18.0 Å². The molecule has 0 heterocycles. The molecule has 0 saturated heterocycles. The number of alkyl halides is 3. The average Bonchev–Trinajstić information content (AvgIpc) is 2.37. The summed E-state index contributed by atoms with van der Waals surface area (Å²) in [7, 11) is 4.17. The van der Waals surface area contributed by atoms with Crippen LogP contribution in [0.3, 0.4) is 0 Å². The van der Waals surface area contributed by atoms with Crippen LogP contribution in [0.1, 0.15) is 13.8 Å². The van der Waals surface area contributed by atoms with Crippen LogP contribution in [0.5, 0.6) is 5.75 Å². The Morgan fingerprint density at radius 2 is 1.79 bits per heavy atom. The maximum atomic E-state index is 12.1. The molecule has 1 aromatic carbocycles. The molecule has 0 bridgehead atoms. The second-order valence-corrected chi connectivity index (χ2v) is 6.87. The molecule has 1 amide bonds. The Labute approximate surface area is 140 Å². The number of carbonyl (C=O) groups is 1. The van der Waals surface area contributed by atoms with Gasteiger partial charge < -0.3 is 20.3 Å². The van der Waals surface area contributed by atoms with Crippen molar-refractivity contribution < 1.29 is 32.9 Å². The molecular formula is C16H26F3N3O2+2. The van der Waals surface area contributed by atoms with Crippen molar-refractivity contribution in [3.63, 3.8) is 0 Å². The summed E-state index contributed by atoms with van der Waals surface area (Å²) in [4.78, 5) is 13.2. The summed E-state index contributed by atoms with van der Waals surface area (Å²) in [5.41, 5.74) is 0.537. The fourth-order valence-corrected chi connectivity index (χ4v) is 2.58. The Morgan fingerprint density at radius 3 is 2.29 bits per heavy atom. The quantitative estimate of drug-likeness (QED) is 0.631. The normalized spacial score (nSPS) is 12.3. The number of ether oxygens (including phenoxy) is 1. The van der Waals surface area contributed by atoms with Crippen LogP contribution in [-0.2, 0) is 4.79 Å². The van der Waals surface area contributed by atoms with Gasteiger partial charge in [-0.1, -0.05) is 0 Å². The van der Waals surface area contributed by atoms with Crippen molar-refractivity contribution in [2.24, 2.45) is 5.41 Å². The van der Waals surface area contributed by atoms with Gasteiger partial charge in [-0.3, -0.25) is 4.79 Å². The Balaban J connectivity index is 2.40. The number of amides is 1. The maximum absolute atomic E-state index is 12.1. The minimum atomic E-state index is -4.72. The van der Waals surface area contributed by atoms with Crippen LogP contribution < -0.4 is 20.3 Å². The number of rotatable bonds is 8. The SMILES string of the molecule is C[NH+](C)CC(C)(C)C[NH2+]CC(=O)Nc1ccc(OC(F)(F)F)cc1. The summed E-state index contributed by atoms with van der Waals surface area (Å²) in [6.07, 6.45) is -4.72. The van der Waals surface area contributed by atoms with E-state index < -0.39 is 6.36 Å². The van der Waals surface area contributed by atoms with E-state index in [4.69, 9.17) is 0 Å². The zero-order chi connectivity index (χ0) is 18.4. The van der Waals surface area contributed by atoms with Gasteiger partial charge in [-0.25, -0.2) is 0 Å². The Morgan fingerprint density at radius 1 is 1.21 bits per heavy atom. The predicted octanol–water partition coefficient (Wildman–Crippen LogP) is 0.258. The topological polar surface area (TPSA) is 59.4 Å². The predicted molar refractivity (Wildman–Crippen MR) is 84.9 cm³/mol. The van der Waals surface area contributed by atoms with Crippen molar-refractivity contribution in [3.05, 3.63) is 24.3 Å². The van der Waals surface area contributed by atoms with Crippen molar-refractivity contribution in [1.82, 2.24) is 0 Å². The molecule has 0 unspecified atom stereocenters. The van der Waals surface area contributed by atoms with Crippen molar-refractivity contribution in [3.8, 4) is 5.75 Å². The first-order chi connectivity index (χ1) is 11.0. The van der Waals surface area contributed by atoms with Crippen molar-refractivity contribution in [2.75, 3.05) is 39.0 Å². The van der Waals surface area contributed by atoms with Gasteiger partial charge in [0.1, 0.15) is 5.75 Å². The third-order valence-corrected chi connectivity index (χ3v) is 3.23. The minimum absolute atomic E-state index is 0.107. The van der Waals surface area contributed by atoms with E-state index in [2.05, 4.69) is 38.0 Å². The maximum Gasteiger partial charge on any atom is 0.573 e. The Bertz CT molecular complexity index is 528. The molecule has 0 aromatic heterocycles. The molecule has 1 rings (SSSR count). The van der Waals surface area contributed by atoms with Gasteiger partial charge in [0, 0.05) is 5.69 Å². The van der Waals surface area contributed by atoms with E-state index in [1.165, 1.54) is 17.0 Å². The molecule has 1 aromatic rings. The first-order valence-corrected chi connectivity index (χ1v) is 7.73. The van der Waals surface area contributed by atoms with Crippen LogP contribution in [0, 0.1) is 5.41 Å². The largest absolute Gasteiger partial charge is 0.573 e. The number of halogens is 3. The lowest BCUT2D eigenvalue weighted by Gasteiger charge is -2.23. The van der Waals surface area contributed by atoms with Gasteiger partial charge >= 0.3 is 6.36 Å². The summed E-state index contributed by atoms with van der Waals surface area (Å²) < 4.78 is 40.0. The smallest absolute Gasteiger partial charge is 0.406 e. The molecule has 8 heteroatoms. The zero-order valence-electron chi connectivity index (χ0n) is 14.5. The monoisotopic (exact) mass is 349 g/mol. The third-order valence-electron chi connectivity index (χ3n) is 3.23. The van der Waals surface area contributed by atoms with E-state index in [0.29, 0.717) is 5.69 Å². The highest BCUT2D eigenvalue weighted by atomic mass is 19.4.